The monoisotopic (exact) mass is 228 g/mol. The molecule has 84 valence electrons. The molecule has 0 saturated carbocycles. The molecular formula is C10H16N2O2S. The first-order chi connectivity index (χ1) is 7.13. The quantitative estimate of drug-likeness (QED) is 0.802. The highest BCUT2D eigenvalue weighted by Gasteiger charge is 2.00. The second-order valence-corrected chi connectivity index (χ2v) is 5.04. The fourth-order valence-corrected chi connectivity index (χ4v) is 2.31. The van der Waals surface area contributed by atoms with Gasteiger partial charge in [0.2, 0.25) is 0 Å². The molecule has 15 heavy (non-hydrogen) atoms. The normalized spacial score (nSPS) is 12.6. The Morgan fingerprint density at radius 2 is 2.13 bits per heavy atom. The van der Waals surface area contributed by atoms with Gasteiger partial charge in [0.05, 0.1) is 0 Å². The predicted octanol–water partition coefficient (Wildman–Crippen LogP) is 0.589. The molecule has 0 bridgehead atoms. The maximum atomic E-state index is 11.4. The summed E-state index contributed by atoms with van der Waals surface area (Å²) in [5, 5.41) is 0. The van der Waals surface area contributed by atoms with Crippen LogP contribution < -0.4 is 11.3 Å². The van der Waals surface area contributed by atoms with Gasteiger partial charge in [-0.2, -0.15) is 0 Å². The Morgan fingerprint density at radius 3 is 2.80 bits per heavy atom. The van der Waals surface area contributed by atoms with E-state index in [0.29, 0.717) is 23.7 Å². The van der Waals surface area contributed by atoms with Crippen molar-refractivity contribution in [2.75, 3.05) is 17.2 Å². The van der Waals surface area contributed by atoms with E-state index in [2.05, 4.69) is 0 Å². The molecule has 0 aliphatic rings. The van der Waals surface area contributed by atoms with E-state index < -0.39 is 10.8 Å². The molecule has 0 saturated heterocycles. The van der Waals surface area contributed by atoms with Crippen molar-refractivity contribution in [3.63, 3.8) is 0 Å². The zero-order valence-corrected chi connectivity index (χ0v) is 9.63. The number of hydrogen-bond acceptors (Lipinski definition) is 3. The van der Waals surface area contributed by atoms with Gasteiger partial charge in [-0.05, 0) is 12.5 Å². The number of nitrogens with zero attached hydrogens (tertiary/aromatic N) is 1. The Kier molecular flexibility index (Phi) is 4.55. The van der Waals surface area contributed by atoms with Crippen LogP contribution in [0.5, 0.6) is 0 Å². The Hall–Kier alpha value is -1.10. The Balaban J connectivity index is 2.61. The molecule has 1 aromatic heterocycles. The van der Waals surface area contributed by atoms with Crippen LogP contribution in [0.15, 0.2) is 23.1 Å². The zero-order valence-electron chi connectivity index (χ0n) is 8.81. The molecule has 5 heteroatoms. The van der Waals surface area contributed by atoms with Crippen molar-refractivity contribution in [2.24, 2.45) is 0 Å². The van der Waals surface area contributed by atoms with Crippen molar-refractivity contribution in [1.29, 1.82) is 0 Å². The minimum absolute atomic E-state index is 0.0994. The van der Waals surface area contributed by atoms with E-state index >= 15 is 0 Å². The van der Waals surface area contributed by atoms with E-state index in [9.17, 15) is 9.00 Å². The fraction of sp³-hybridized carbons (Fsp3) is 0.500. The minimum atomic E-state index is -0.836. The first-order valence-corrected chi connectivity index (χ1v) is 6.43. The number of nitrogen functional groups attached to an aromatic ring is 1. The third-order valence-corrected chi connectivity index (χ3v) is 3.50. The molecule has 1 atom stereocenters. The average molecular weight is 228 g/mol. The van der Waals surface area contributed by atoms with Gasteiger partial charge in [-0.1, -0.05) is 6.92 Å². The highest BCUT2D eigenvalue weighted by molar-refractivity contribution is 7.84. The number of aryl methyl sites for hydroxylation is 1. The van der Waals surface area contributed by atoms with Crippen LogP contribution in [0.4, 0.5) is 5.69 Å². The van der Waals surface area contributed by atoms with Gasteiger partial charge >= 0.3 is 0 Å². The summed E-state index contributed by atoms with van der Waals surface area (Å²) in [6.07, 6.45) is 2.49. The number of pyridine rings is 1. The molecule has 4 nitrogen and oxygen atoms in total. The summed E-state index contributed by atoms with van der Waals surface area (Å²) >= 11 is 0. The minimum Gasteiger partial charge on any atom is -0.398 e. The average Bonchev–Trinajstić information content (AvgIpc) is 2.20. The first-order valence-electron chi connectivity index (χ1n) is 4.94. The number of hydrogen-bond donors (Lipinski definition) is 1. The lowest BCUT2D eigenvalue weighted by molar-refractivity contribution is 0.668. The summed E-state index contributed by atoms with van der Waals surface area (Å²) in [5.74, 6) is 1.20. The highest BCUT2D eigenvalue weighted by atomic mass is 32.2. The topological polar surface area (TPSA) is 65.1 Å². The third-order valence-electron chi connectivity index (χ3n) is 2.00. The molecule has 1 heterocycles. The maximum absolute atomic E-state index is 11.4. The van der Waals surface area contributed by atoms with Crippen LogP contribution >= 0.6 is 0 Å². The third kappa shape index (κ3) is 3.87. The lowest BCUT2D eigenvalue weighted by atomic mass is 10.4. The Bertz CT molecular complexity index is 401. The maximum Gasteiger partial charge on any atom is 0.250 e. The van der Waals surface area contributed by atoms with Gasteiger partial charge in [0.15, 0.2) is 0 Å². The molecule has 0 spiro atoms. The molecule has 0 radical (unpaired) electrons. The number of nitrogens with two attached hydrogens (primary N) is 1. The number of aromatic nitrogens is 1. The van der Waals surface area contributed by atoms with Crippen LogP contribution in [0.3, 0.4) is 0 Å². The Morgan fingerprint density at radius 1 is 1.40 bits per heavy atom. The van der Waals surface area contributed by atoms with Crippen LogP contribution in [0, 0.1) is 0 Å². The van der Waals surface area contributed by atoms with Crippen LogP contribution in [-0.4, -0.2) is 20.3 Å². The Labute approximate surface area is 91.6 Å². The summed E-state index contributed by atoms with van der Waals surface area (Å²) in [5.41, 5.74) is 6.01. The van der Waals surface area contributed by atoms with Crippen molar-refractivity contribution in [1.82, 2.24) is 4.57 Å². The van der Waals surface area contributed by atoms with Crippen molar-refractivity contribution >= 4 is 16.5 Å². The molecule has 1 unspecified atom stereocenters. The van der Waals surface area contributed by atoms with Gasteiger partial charge in [-0.3, -0.25) is 9.00 Å². The first kappa shape index (κ1) is 12.0. The van der Waals surface area contributed by atoms with Gasteiger partial charge < -0.3 is 10.3 Å². The van der Waals surface area contributed by atoms with Crippen LogP contribution in [0.2, 0.25) is 0 Å². The summed E-state index contributed by atoms with van der Waals surface area (Å²) < 4.78 is 12.9. The molecule has 1 aromatic rings. The fourth-order valence-electron chi connectivity index (χ4n) is 1.25. The second-order valence-electron chi connectivity index (χ2n) is 3.34. The van der Waals surface area contributed by atoms with E-state index in [1.807, 2.05) is 6.92 Å². The summed E-state index contributed by atoms with van der Waals surface area (Å²) in [7, 11) is -0.836. The van der Waals surface area contributed by atoms with Gasteiger partial charge in [0, 0.05) is 46.8 Å². The summed E-state index contributed by atoms with van der Waals surface area (Å²) in [6.45, 7) is 2.46. The lowest BCUT2D eigenvalue weighted by Crippen LogP contribution is -2.22. The SMILES string of the molecule is CCCS(=O)CCn1cc(N)ccc1=O. The van der Waals surface area contributed by atoms with Gasteiger partial charge in [0.1, 0.15) is 0 Å². The van der Waals surface area contributed by atoms with E-state index in [0.717, 1.165) is 6.42 Å². The number of rotatable bonds is 5. The summed E-state index contributed by atoms with van der Waals surface area (Å²) in [6, 6.07) is 3.00. The van der Waals surface area contributed by atoms with Crippen LogP contribution in [0.1, 0.15) is 13.3 Å². The second kappa shape index (κ2) is 5.70. The van der Waals surface area contributed by atoms with E-state index in [1.165, 1.54) is 10.6 Å². The molecule has 0 amide bonds. The van der Waals surface area contributed by atoms with E-state index in [-0.39, 0.29) is 5.56 Å². The highest BCUT2D eigenvalue weighted by Crippen LogP contribution is 1.96. The van der Waals surface area contributed by atoms with Crippen molar-refractivity contribution in [3.05, 3.63) is 28.7 Å². The van der Waals surface area contributed by atoms with Gasteiger partial charge in [-0.15, -0.1) is 0 Å². The molecule has 0 aliphatic heterocycles. The largest absolute Gasteiger partial charge is 0.398 e. The summed E-state index contributed by atoms with van der Waals surface area (Å²) in [4.78, 5) is 11.4. The smallest absolute Gasteiger partial charge is 0.250 e. The molecule has 2 N–H and O–H groups in total. The van der Waals surface area contributed by atoms with Crippen LogP contribution in [0.25, 0.3) is 0 Å². The van der Waals surface area contributed by atoms with E-state index in [1.54, 1.807) is 12.3 Å². The van der Waals surface area contributed by atoms with Crippen molar-refractivity contribution < 1.29 is 4.21 Å². The molecule has 0 aliphatic carbocycles. The lowest BCUT2D eigenvalue weighted by Gasteiger charge is -2.05. The molecule has 0 aromatic carbocycles. The standard InChI is InChI=1S/C10H16N2O2S/c1-2-6-15(14)7-5-12-8-9(11)3-4-10(12)13/h3-4,8H,2,5-7,11H2,1H3. The van der Waals surface area contributed by atoms with Crippen molar-refractivity contribution in [2.45, 2.75) is 19.9 Å². The molecule has 1 rings (SSSR count). The van der Waals surface area contributed by atoms with Crippen LogP contribution in [-0.2, 0) is 17.3 Å². The molecular weight excluding hydrogens is 212 g/mol. The predicted molar refractivity (Wildman–Crippen MR) is 63.3 cm³/mol. The number of anilines is 1. The van der Waals surface area contributed by atoms with Gasteiger partial charge in [-0.25, -0.2) is 0 Å². The van der Waals surface area contributed by atoms with Crippen molar-refractivity contribution in [3.8, 4) is 0 Å². The zero-order chi connectivity index (χ0) is 11.3. The van der Waals surface area contributed by atoms with E-state index in [4.69, 9.17) is 5.73 Å². The van der Waals surface area contributed by atoms with Gasteiger partial charge in [0.25, 0.3) is 5.56 Å². The molecule has 0 fully saturated rings.